The summed E-state index contributed by atoms with van der Waals surface area (Å²) in [6.07, 6.45) is 1.56. The van der Waals surface area contributed by atoms with Crippen molar-refractivity contribution in [3.63, 3.8) is 0 Å². The van der Waals surface area contributed by atoms with Crippen LogP contribution in [0.25, 0.3) is 0 Å². The number of pyridine rings is 1. The number of aryl methyl sites for hydroxylation is 1. The Morgan fingerprint density at radius 1 is 1.19 bits per heavy atom. The third kappa shape index (κ3) is 3.66. The zero-order valence-corrected chi connectivity index (χ0v) is 11.9. The van der Waals surface area contributed by atoms with Crippen LogP contribution in [0.3, 0.4) is 0 Å². The van der Waals surface area contributed by atoms with Crippen LogP contribution in [-0.2, 0) is 9.53 Å². The summed E-state index contributed by atoms with van der Waals surface area (Å²) in [5, 5.41) is 2.69. The second-order valence-corrected chi connectivity index (χ2v) is 4.53. The van der Waals surface area contributed by atoms with Crippen LogP contribution in [0.4, 0.5) is 0 Å². The number of hydrogen-bond acceptors (Lipinski definition) is 4. The highest BCUT2D eigenvalue weighted by Crippen LogP contribution is 2.15. The Bertz CT molecular complexity index is 641. The molecule has 2 rings (SSSR count). The normalized spacial score (nSPS) is 11.5. The molecule has 2 aromatic rings. The van der Waals surface area contributed by atoms with Crippen molar-refractivity contribution in [2.45, 2.75) is 13.0 Å². The number of nitrogens with zero attached hydrogens (tertiary/aromatic N) is 1. The first-order chi connectivity index (χ1) is 10.1. The van der Waals surface area contributed by atoms with Crippen molar-refractivity contribution >= 4 is 11.9 Å². The summed E-state index contributed by atoms with van der Waals surface area (Å²) in [4.78, 5) is 28.2. The Kier molecular flexibility index (Phi) is 4.66. The summed E-state index contributed by atoms with van der Waals surface area (Å²) >= 11 is 0. The lowest BCUT2D eigenvalue weighted by molar-refractivity contribution is -0.143. The van der Waals surface area contributed by atoms with Crippen LogP contribution in [0.1, 0.15) is 27.7 Å². The Morgan fingerprint density at radius 2 is 1.90 bits per heavy atom. The number of aromatic nitrogens is 1. The molecule has 0 aliphatic carbocycles. The fourth-order valence-electron chi connectivity index (χ4n) is 1.94. The molecule has 21 heavy (non-hydrogen) atoms. The first-order valence-electron chi connectivity index (χ1n) is 6.48. The number of methoxy groups -OCH3 is 1. The maximum atomic E-state index is 12.3. The molecular formula is C16H16N2O3. The predicted molar refractivity (Wildman–Crippen MR) is 77.6 cm³/mol. The fraction of sp³-hybridized carbons (Fsp3) is 0.188. The van der Waals surface area contributed by atoms with Gasteiger partial charge in [0.1, 0.15) is 0 Å². The van der Waals surface area contributed by atoms with Crippen molar-refractivity contribution in [2.24, 2.45) is 0 Å². The van der Waals surface area contributed by atoms with Crippen LogP contribution in [0.15, 0.2) is 48.7 Å². The molecule has 0 radical (unpaired) electrons. The lowest BCUT2D eigenvalue weighted by Crippen LogP contribution is -2.34. The summed E-state index contributed by atoms with van der Waals surface area (Å²) in [5.74, 6) is -0.861. The highest BCUT2D eigenvalue weighted by atomic mass is 16.5. The lowest BCUT2D eigenvalue weighted by atomic mass is 10.1. The van der Waals surface area contributed by atoms with E-state index in [2.05, 4.69) is 10.3 Å². The van der Waals surface area contributed by atoms with Crippen LogP contribution in [0.2, 0.25) is 0 Å². The molecule has 1 amide bonds. The first kappa shape index (κ1) is 14.7. The average Bonchev–Trinajstić information content (AvgIpc) is 2.52. The Balaban J connectivity index is 2.23. The van der Waals surface area contributed by atoms with Crippen LogP contribution in [0.5, 0.6) is 0 Å². The second kappa shape index (κ2) is 6.65. The van der Waals surface area contributed by atoms with Gasteiger partial charge in [0, 0.05) is 17.5 Å². The van der Waals surface area contributed by atoms with E-state index < -0.39 is 12.0 Å². The van der Waals surface area contributed by atoms with Crippen molar-refractivity contribution in [1.82, 2.24) is 10.3 Å². The number of carbonyl (C=O) groups excluding carboxylic acids is 2. The quantitative estimate of drug-likeness (QED) is 0.872. The molecule has 0 spiro atoms. The summed E-state index contributed by atoms with van der Waals surface area (Å²) in [7, 11) is 1.29. The Hall–Kier alpha value is -2.69. The van der Waals surface area contributed by atoms with E-state index in [0.29, 0.717) is 11.1 Å². The standard InChI is InChI=1S/C16H16N2O3/c1-11-10-13(8-9-17-11)15(19)18-14(16(20)21-2)12-6-4-3-5-7-12/h3-10,14H,1-2H3,(H,18,19). The van der Waals surface area contributed by atoms with Crippen LogP contribution < -0.4 is 5.32 Å². The van der Waals surface area contributed by atoms with Gasteiger partial charge in [0.15, 0.2) is 6.04 Å². The van der Waals surface area contributed by atoms with Crippen LogP contribution in [-0.4, -0.2) is 24.0 Å². The molecule has 0 aliphatic heterocycles. The van der Waals surface area contributed by atoms with Gasteiger partial charge < -0.3 is 10.1 Å². The highest BCUT2D eigenvalue weighted by molar-refractivity contribution is 5.97. The maximum absolute atomic E-state index is 12.3. The van der Waals surface area contributed by atoms with E-state index in [1.165, 1.54) is 7.11 Å². The van der Waals surface area contributed by atoms with Crippen LogP contribution in [0, 0.1) is 6.92 Å². The Morgan fingerprint density at radius 3 is 2.52 bits per heavy atom. The van der Waals surface area contributed by atoms with E-state index in [-0.39, 0.29) is 5.91 Å². The van der Waals surface area contributed by atoms with Gasteiger partial charge in [0.05, 0.1) is 7.11 Å². The smallest absolute Gasteiger partial charge is 0.333 e. The lowest BCUT2D eigenvalue weighted by Gasteiger charge is -2.17. The number of rotatable bonds is 4. The molecule has 1 aromatic heterocycles. The average molecular weight is 284 g/mol. The summed E-state index contributed by atoms with van der Waals surface area (Å²) in [6.45, 7) is 1.80. The molecule has 0 bridgehead atoms. The largest absolute Gasteiger partial charge is 0.467 e. The summed E-state index contributed by atoms with van der Waals surface area (Å²) < 4.78 is 4.76. The number of esters is 1. The molecule has 1 N–H and O–H groups in total. The van der Waals surface area contributed by atoms with Crippen molar-refractivity contribution < 1.29 is 14.3 Å². The van der Waals surface area contributed by atoms with Crippen molar-refractivity contribution in [3.8, 4) is 0 Å². The van der Waals surface area contributed by atoms with Gasteiger partial charge in [-0.3, -0.25) is 9.78 Å². The topological polar surface area (TPSA) is 68.3 Å². The van der Waals surface area contributed by atoms with Gasteiger partial charge in [-0.15, -0.1) is 0 Å². The summed E-state index contributed by atoms with van der Waals surface area (Å²) in [5.41, 5.74) is 1.85. The molecule has 1 atom stereocenters. The molecule has 5 heteroatoms. The minimum absolute atomic E-state index is 0.347. The van der Waals surface area contributed by atoms with E-state index in [1.54, 1.807) is 49.5 Å². The number of amides is 1. The SMILES string of the molecule is COC(=O)C(NC(=O)c1ccnc(C)c1)c1ccccc1. The number of hydrogen-bond donors (Lipinski definition) is 1. The van der Waals surface area contributed by atoms with Gasteiger partial charge in [-0.2, -0.15) is 0 Å². The van der Waals surface area contributed by atoms with Gasteiger partial charge in [0.2, 0.25) is 0 Å². The van der Waals surface area contributed by atoms with Gasteiger partial charge in [-0.1, -0.05) is 30.3 Å². The van der Waals surface area contributed by atoms with E-state index in [1.807, 2.05) is 6.07 Å². The van der Waals surface area contributed by atoms with Crippen molar-refractivity contribution in [2.75, 3.05) is 7.11 Å². The highest BCUT2D eigenvalue weighted by Gasteiger charge is 2.23. The molecular weight excluding hydrogens is 268 g/mol. The summed E-state index contributed by atoms with van der Waals surface area (Å²) in [6, 6.07) is 11.4. The van der Waals surface area contributed by atoms with E-state index in [4.69, 9.17) is 4.74 Å². The molecule has 1 heterocycles. The minimum atomic E-state index is -0.836. The minimum Gasteiger partial charge on any atom is -0.467 e. The number of benzene rings is 1. The third-order valence-corrected chi connectivity index (χ3v) is 3.00. The molecule has 108 valence electrons. The molecule has 0 saturated heterocycles. The van der Waals surface area contributed by atoms with Crippen molar-refractivity contribution in [1.29, 1.82) is 0 Å². The third-order valence-electron chi connectivity index (χ3n) is 3.00. The second-order valence-electron chi connectivity index (χ2n) is 4.53. The number of nitrogens with one attached hydrogen (secondary N) is 1. The monoisotopic (exact) mass is 284 g/mol. The molecule has 1 aromatic carbocycles. The van der Waals surface area contributed by atoms with E-state index >= 15 is 0 Å². The van der Waals surface area contributed by atoms with Gasteiger partial charge in [-0.05, 0) is 24.6 Å². The Labute approximate surface area is 123 Å². The zero-order chi connectivity index (χ0) is 15.2. The van der Waals surface area contributed by atoms with Gasteiger partial charge in [0.25, 0.3) is 5.91 Å². The maximum Gasteiger partial charge on any atom is 0.333 e. The fourth-order valence-corrected chi connectivity index (χ4v) is 1.94. The van der Waals surface area contributed by atoms with E-state index in [9.17, 15) is 9.59 Å². The van der Waals surface area contributed by atoms with Gasteiger partial charge >= 0.3 is 5.97 Å². The van der Waals surface area contributed by atoms with Crippen LogP contribution >= 0.6 is 0 Å². The molecule has 1 unspecified atom stereocenters. The predicted octanol–water partition coefficient (Wildman–Crippen LogP) is 2.03. The number of carbonyl (C=O) groups is 2. The molecule has 0 aliphatic rings. The van der Waals surface area contributed by atoms with Crippen molar-refractivity contribution in [3.05, 3.63) is 65.5 Å². The zero-order valence-electron chi connectivity index (χ0n) is 11.9. The number of ether oxygens (including phenoxy) is 1. The van der Waals surface area contributed by atoms with Gasteiger partial charge in [-0.25, -0.2) is 4.79 Å². The first-order valence-corrected chi connectivity index (χ1v) is 6.48. The molecule has 0 saturated carbocycles. The van der Waals surface area contributed by atoms with E-state index in [0.717, 1.165) is 5.69 Å². The molecule has 5 nitrogen and oxygen atoms in total. The molecule has 0 fully saturated rings.